The molecule has 4 nitrogen and oxygen atoms in total. The number of pyridine rings is 1. The summed E-state index contributed by atoms with van der Waals surface area (Å²) in [5.41, 5.74) is 5.67. The molecule has 0 saturated carbocycles. The SMILES string of the molecule is CCC(=O)CCC(=O)Nc1ccc2nc(-c3ccccc3)c(-c3ccccc3)cc2c1. The first-order valence-corrected chi connectivity index (χ1v) is 10.5. The maximum absolute atomic E-state index is 12.2. The number of fused-ring (bicyclic) bond motifs is 1. The minimum atomic E-state index is -0.154. The molecule has 0 spiro atoms. The summed E-state index contributed by atoms with van der Waals surface area (Å²) < 4.78 is 0. The lowest BCUT2D eigenvalue weighted by atomic mass is 9.97. The molecule has 1 amide bonds. The van der Waals surface area contributed by atoms with Crippen LogP contribution in [0.25, 0.3) is 33.3 Å². The topological polar surface area (TPSA) is 59.1 Å². The van der Waals surface area contributed by atoms with Crippen molar-refractivity contribution in [1.29, 1.82) is 0 Å². The van der Waals surface area contributed by atoms with Crippen LogP contribution in [0.3, 0.4) is 0 Å². The van der Waals surface area contributed by atoms with Crippen molar-refractivity contribution in [1.82, 2.24) is 4.98 Å². The van der Waals surface area contributed by atoms with Crippen molar-refractivity contribution >= 4 is 28.3 Å². The quantitative estimate of drug-likeness (QED) is 0.392. The van der Waals surface area contributed by atoms with Gasteiger partial charge in [-0.3, -0.25) is 9.59 Å². The number of rotatable bonds is 7. The predicted octanol–water partition coefficient (Wildman–Crippen LogP) is 6.27. The van der Waals surface area contributed by atoms with Crippen LogP contribution in [0.2, 0.25) is 0 Å². The van der Waals surface area contributed by atoms with Gasteiger partial charge in [-0.1, -0.05) is 67.6 Å². The molecule has 1 aromatic heterocycles. The maximum Gasteiger partial charge on any atom is 0.224 e. The zero-order chi connectivity index (χ0) is 21.6. The van der Waals surface area contributed by atoms with Crippen LogP contribution >= 0.6 is 0 Å². The highest BCUT2D eigenvalue weighted by Gasteiger charge is 2.12. The molecule has 3 aromatic carbocycles. The molecular weight excluding hydrogens is 384 g/mol. The largest absolute Gasteiger partial charge is 0.326 e. The molecule has 0 radical (unpaired) electrons. The first kappa shape index (κ1) is 20.5. The van der Waals surface area contributed by atoms with Crippen molar-refractivity contribution in [2.75, 3.05) is 5.32 Å². The Kier molecular flexibility index (Phi) is 6.18. The molecule has 0 aliphatic heterocycles. The van der Waals surface area contributed by atoms with Gasteiger partial charge < -0.3 is 5.32 Å². The van der Waals surface area contributed by atoms with Gasteiger partial charge in [0.1, 0.15) is 5.78 Å². The number of carbonyl (C=O) groups is 2. The summed E-state index contributed by atoms with van der Waals surface area (Å²) in [7, 11) is 0. The summed E-state index contributed by atoms with van der Waals surface area (Å²) in [6.45, 7) is 1.81. The van der Waals surface area contributed by atoms with Crippen molar-refractivity contribution in [3.05, 3.63) is 84.9 Å². The van der Waals surface area contributed by atoms with Crippen molar-refractivity contribution in [2.24, 2.45) is 0 Å². The molecule has 4 aromatic rings. The second-order valence-corrected chi connectivity index (χ2v) is 7.46. The molecule has 0 unspecified atom stereocenters. The molecule has 1 heterocycles. The Morgan fingerprint density at radius 1 is 0.806 bits per heavy atom. The summed E-state index contributed by atoms with van der Waals surface area (Å²) in [4.78, 5) is 28.6. The number of aromatic nitrogens is 1. The number of amides is 1. The van der Waals surface area contributed by atoms with Crippen LogP contribution < -0.4 is 5.32 Å². The number of nitrogens with one attached hydrogen (secondary N) is 1. The molecule has 0 atom stereocenters. The fraction of sp³-hybridized carbons (Fsp3) is 0.148. The molecule has 1 N–H and O–H groups in total. The fourth-order valence-electron chi connectivity index (χ4n) is 3.56. The number of hydrogen-bond donors (Lipinski definition) is 1. The van der Waals surface area contributed by atoms with Gasteiger partial charge in [0, 0.05) is 41.5 Å². The summed E-state index contributed by atoms with van der Waals surface area (Å²) in [6.07, 6.45) is 0.933. The summed E-state index contributed by atoms with van der Waals surface area (Å²) in [6, 6.07) is 28.2. The number of ketones is 1. The Labute approximate surface area is 182 Å². The number of carbonyl (C=O) groups excluding carboxylic acids is 2. The Morgan fingerprint density at radius 2 is 1.48 bits per heavy atom. The smallest absolute Gasteiger partial charge is 0.224 e. The van der Waals surface area contributed by atoms with Crippen molar-refractivity contribution in [2.45, 2.75) is 26.2 Å². The average molecular weight is 409 g/mol. The van der Waals surface area contributed by atoms with E-state index in [0.717, 1.165) is 33.3 Å². The molecule has 31 heavy (non-hydrogen) atoms. The normalized spacial score (nSPS) is 10.7. The summed E-state index contributed by atoms with van der Waals surface area (Å²) in [5.74, 6) is -0.0582. The van der Waals surface area contributed by atoms with E-state index in [4.69, 9.17) is 4.98 Å². The first-order chi connectivity index (χ1) is 15.1. The van der Waals surface area contributed by atoms with Crippen LogP contribution in [0.15, 0.2) is 84.9 Å². The van der Waals surface area contributed by atoms with E-state index in [1.165, 1.54) is 0 Å². The van der Waals surface area contributed by atoms with E-state index >= 15 is 0 Å². The lowest BCUT2D eigenvalue weighted by Crippen LogP contribution is -2.13. The van der Waals surface area contributed by atoms with Gasteiger partial charge in [0.2, 0.25) is 5.91 Å². The Bertz CT molecular complexity index is 1220. The van der Waals surface area contributed by atoms with Crippen LogP contribution in [-0.4, -0.2) is 16.7 Å². The predicted molar refractivity (Wildman–Crippen MR) is 126 cm³/mol. The van der Waals surface area contributed by atoms with E-state index in [9.17, 15) is 9.59 Å². The van der Waals surface area contributed by atoms with Crippen LogP contribution in [0.1, 0.15) is 26.2 Å². The third kappa shape index (κ3) is 4.86. The molecule has 0 aliphatic carbocycles. The second-order valence-electron chi connectivity index (χ2n) is 7.46. The zero-order valence-electron chi connectivity index (χ0n) is 17.5. The molecule has 4 rings (SSSR count). The molecule has 0 fully saturated rings. The maximum atomic E-state index is 12.2. The molecule has 0 aliphatic rings. The monoisotopic (exact) mass is 408 g/mol. The van der Waals surface area contributed by atoms with Crippen molar-refractivity contribution < 1.29 is 9.59 Å². The summed E-state index contributed by atoms with van der Waals surface area (Å²) >= 11 is 0. The van der Waals surface area contributed by atoms with Crippen LogP contribution in [-0.2, 0) is 9.59 Å². The minimum Gasteiger partial charge on any atom is -0.326 e. The first-order valence-electron chi connectivity index (χ1n) is 10.5. The molecule has 154 valence electrons. The zero-order valence-corrected chi connectivity index (χ0v) is 17.5. The molecular formula is C27H24N2O2. The van der Waals surface area contributed by atoms with Gasteiger partial charge in [-0.15, -0.1) is 0 Å². The molecule has 0 saturated heterocycles. The van der Waals surface area contributed by atoms with Crippen molar-refractivity contribution in [3.8, 4) is 22.4 Å². The fourth-order valence-corrected chi connectivity index (χ4v) is 3.56. The van der Waals surface area contributed by atoms with Gasteiger partial charge in [0.05, 0.1) is 11.2 Å². The molecule has 0 bridgehead atoms. The van der Waals surface area contributed by atoms with Crippen LogP contribution in [0.4, 0.5) is 5.69 Å². The third-order valence-corrected chi connectivity index (χ3v) is 5.26. The van der Waals surface area contributed by atoms with Crippen molar-refractivity contribution in [3.63, 3.8) is 0 Å². The lowest BCUT2D eigenvalue weighted by molar-refractivity contribution is -0.122. The number of Topliss-reactive ketones (excluding diaryl/α,β-unsaturated/α-hetero) is 1. The minimum absolute atomic E-state index is 0.0961. The summed E-state index contributed by atoms with van der Waals surface area (Å²) in [5, 5.41) is 3.85. The Hall–Kier alpha value is -3.79. The molecule has 4 heteroatoms. The Morgan fingerprint density at radius 3 is 2.16 bits per heavy atom. The van der Waals surface area contributed by atoms with E-state index in [0.29, 0.717) is 12.1 Å². The number of hydrogen-bond acceptors (Lipinski definition) is 3. The van der Waals surface area contributed by atoms with Gasteiger partial charge >= 0.3 is 0 Å². The highest BCUT2D eigenvalue weighted by molar-refractivity contribution is 5.97. The highest BCUT2D eigenvalue weighted by atomic mass is 16.2. The van der Waals surface area contributed by atoms with Gasteiger partial charge in [-0.2, -0.15) is 0 Å². The van der Waals surface area contributed by atoms with Gasteiger partial charge in [0.25, 0.3) is 0 Å². The average Bonchev–Trinajstić information content (AvgIpc) is 2.82. The Balaban J connectivity index is 1.71. The number of nitrogens with zero attached hydrogens (tertiary/aromatic N) is 1. The number of anilines is 1. The second kappa shape index (κ2) is 9.35. The van der Waals surface area contributed by atoms with E-state index in [1.807, 2.05) is 61.5 Å². The standard InChI is InChI=1S/C27H24N2O2/c1-2-23(30)14-16-26(31)28-22-13-15-25-21(17-22)18-24(19-9-5-3-6-10-19)27(29-25)20-11-7-4-8-12-20/h3-13,15,17-18H,2,14,16H2,1H3,(H,28,31). The van der Waals surface area contributed by atoms with E-state index in [-0.39, 0.29) is 24.5 Å². The van der Waals surface area contributed by atoms with Gasteiger partial charge in [0.15, 0.2) is 0 Å². The third-order valence-electron chi connectivity index (χ3n) is 5.26. The van der Waals surface area contributed by atoms with E-state index in [2.05, 4.69) is 35.6 Å². The van der Waals surface area contributed by atoms with Crippen LogP contribution in [0.5, 0.6) is 0 Å². The number of benzene rings is 3. The highest BCUT2D eigenvalue weighted by Crippen LogP contribution is 2.34. The lowest BCUT2D eigenvalue weighted by Gasteiger charge is -2.13. The van der Waals surface area contributed by atoms with Crippen LogP contribution in [0, 0.1) is 0 Å². The van der Waals surface area contributed by atoms with Gasteiger partial charge in [-0.05, 0) is 29.8 Å². The van der Waals surface area contributed by atoms with E-state index in [1.54, 1.807) is 0 Å². The van der Waals surface area contributed by atoms with Gasteiger partial charge in [-0.25, -0.2) is 4.98 Å². The van der Waals surface area contributed by atoms with E-state index < -0.39 is 0 Å².